The Labute approximate surface area is 150 Å². The van der Waals surface area contributed by atoms with E-state index in [1.165, 1.54) is 0 Å². The van der Waals surface area contributed by atoms with Gasteiger partial charge in [-0.25, -0.2) is 0 Å². The highest BCUT2D eigenvalue weighted by atomic mass is 16.5. The van der Waals surface area contributed by atoms with Crippen LogP contribution in [0.15, 0.2) is 66.7 Å². The summed E-state index contributed by atoms with van der Waals surface area (Å²) in [5.41, 5.74) is 2.48. The first-order chi connectivity index (χ1) is 12.6. The number of para-hydroxylation sites is 1. The van der Waals surface area contributed by atoms with Crippen LogP contribution in [0.1, 0.15) is 0 Å². The third-order valence-electron chi connectivity index (χ3n) is 4.70. The van der Waals surface area contributed by atoms with Gasteiger partial charge in [-0.1, -0.05) is 30.4 Å². The number of carboxylic acid groups (broad SMARTS) is 1. The topological polar surface area (TPSA) is 87.7 Å². The van der Waals surface area contributed by atoms with E-state index in [2.05, 4.69) is 10.6 Å². The molecule has 2 aliphatic rings. The second kappa shape index (κ2) is 6.65. The molecule has 4 atom stereocenters. The number of benzene rings is 2. The molecule has 2 heterocycles. The first kappa shape index (κ1) is 16.4. The summed E-state index contributed by atoms with van der Waals surface area (Å²) in [7, 11) is 0. The molecule has 2 aromatic carbocycles. The molecule has 1 amide bonds. The van der Waals surface area contributed by atoms with E-state index in [9.17, 15) is 14.7 Å². The summed E-state index contributed by atoms with van der Waals surface area (Å²) >= 11 is 0. The van der Waals surface area contributed by atoms with Gasteiger partial charge in [0.15, 0.2) is 0 Å². The Kier molecular flexibility index (Phi) is 4.18. The predicted molar refractivity (Wildman–Crippen MR) is 97.2 cm³/mol. The van der Waals surface area contributed by atoms with Crippen molar-refractivity contribution in [2.45, 2.75) is 12.2 Å². The van der Waals surface area contributed by atoms with Crippen LogP contribution in [0.5, 0.6) is 0 Å². The monoisotopic (exact) mass is 350 g/mol. The predicted octanol–water partition coefficient (Wildman–Crippen LogP) is 3.02. The third kappa shape index (κ3) is 3.07. The van der Waals surface area contributed by atoms with E-state index in [0.29, 0.717) is 5.69 Å². The number of amides is 1. The lowest BCUT2D eigenvalue weighted by Gasteiger charge is -2.21. The summed E-state index contributed by atoms with van der Waals surface area (Å²) in [6.07, 6.45) is 2.49. The summed E-state index contributed by atoms with van der Waals surface area (Å²) in [4.78, 5) is 24.1. The molecule has 2 bridgehead atoms. The fourth-order valence-corrected chi connectivity index (χ4v) is 3.47. The molecule has 3 N–H and O–H groups in total. The SMILES string of the molecule is O=C(O)C1C2C=CC(O2)C1C(=O)Nc1ccc(Nc2ccccc2)cc1. The van der Waals surface area contributed by atoms with Gasteiger partial charge in [0.1, 0.15) is 5.92 Å². The summed E-state index contributed by atoms with van der Waals surface area (Å²) in [5, 5.41) is 15.5. The number of anilines is 3. The molecule has 6 heteroatoms. The third-order valence-corrected chi connectivity index (χ3v) is 4.70. The van der Waals surface area contributed by atoms with Crippen molar-refractivity contribution in [3.05, 3.63) is 66.7 Å². The normalized spacial score (nSPS) is 25.8. The van der Waals surface area contributed by atoms with Crippen molar-refractivity contribution in [3.8, 4) is 0 Å². The van der Waals surface area contributed by atoms with Gasteiger partial charge in [0.2, 0.25) is 5.91 Å². The van der Waals surface area contributed by atoms with Crippen LogP contribution in [-0.2, 0) is 14.3 Å². The molecule has 4 unspecified atom stereocenters. The maximum atomic E-state index is 12.6. The van der Waals surface area contributed by atoms with E-state index < -0.39 is 30.0 Å². The first-order valence-electron chi connectivity index (χ1n) is 8.41. The number of carbonyl (C=O) groups is 2. The average molecular weight is 350 g/mol. The Balaban J connectivity index is 1.43. The van der Waals surface area contributed by atoms with Crippen LogP contribution in [0.2, 0.25) is 0 Å². The van der Waals surface area contributed by atoms with Crippen LogP contribution in [0.3, 0.4) is 0 Å². The number of rotatable bonds is 5. The Bertz CT molecular complexity index is 848. The van der Waals surface area contributed by atoms with Crippen molar-refractivity contribution in [2.24, 2.45) is 11.8 Å². The zero-order valence-corrected chi connectivity index (χ0v) is 13.8. The molecular weight excluding hydrogens is 332 g/mol. The van der Waals surface area contributed by atoms with E-state index >= 15 is 0 Å². The van der Waals surface area contributed by atoms with E-state index in [1.807, 2.05) is 42.5 Å². The van der Waals surface area contributed by atoms with Crippen LogP contribution in [-0.4, -0.2) is 29.2 Å². The van der Waals surface area contributed by atoms with E-state index in [1.54, 1.807) is 24.3 Å². The number of hydrogen-bond acceptors (Lipinski definition) is 4. The number of nitrogens with one attached hydrogen (secondary N) is 2. The molecule has 4 rings (SSSR count). The fraction of sp³-hybridized carbons (Fsp3) is 0.200. The molecule has 0 aromatic heterocycles. The highest BCUT2D eigenvalue weighted by Crippen LogP contribution is 2.39. The van der Waals surface area contributed by atoms with Gasteiger partial charge >= 0.3 is 5.97 Å². The Morgan fingerprint density at radius 2 is 1.38 bits per heavy atom. The lowest BCUT2D eigenvalue weighted by Crippen LogP contribution is -2.39. The van der Waals surface area contributed by atoms with E-state index in [4.69, 9.17) is 4.74 Å². The summed E-state index contributed by atoms with van der Waals surface area (Å²) in [6.45, 7) is 0. The molecular formula is C20H18N2O4. The van der Waals surface area contributed by atoms with E-state index in [-0.39, 0.29) is 5.91 Å². The Morgan fingerprint density at radius 1 is 0.808 bits per heavy atom. The zero-order chi connectivity index (χ0) is 18.1. The molecule has 0 radical (unpaired) electrons. The molecule has 2 aliphatic heterocycles. The van der Waals surface area contributed by atoms with Crippen molar-refractivity contribution in [2.75, 3.05) is 10.6 Å². The van der Waals surface area contributed by atoms with Crippen LogP contribution in [0.4, 0.5) is 17.1 Å². The van der Waals surface area contributed by atoms with Crippen molar-refractivity contribution in [1.82, 2.24) is 0 Å². The average Bonchev–Trinajstić information content (AvgIpc) is 3.25. The number of carbonyl (C=O) groups excluding carboxylic acids is 1. The second-order valence-electron chi connectivity index (χ2n) is 6.40. The van der Waals surface area contributed by atoms with Gasteiger partial charge in [-0.15, -0.1) is 0 Å². The lowest BCUT2D eigenvalue weighted by atomic mass is 9.82. The quantitative estimate of drug-likeness (QED) is 0.722. The van der Waals surface area contributed by atoms with Gasteiger partial charge in [0.25, 0.3) is 0 Å². The van der Waals surface area contributed by atoms with Gasteiger partial charge in [-0.3, -0.25) is 9.59 Å². The number of hydrogen-bond donors (Lipinski definition) is 3. The highest BCUT2D eigenvalue weighted by molar-refractivity contribution is 5.96. The van der Waals surface area contributed by atoms with Crippen LogP contribution in [0.25, 0.3) is 0 Å². The smallest absolute Gasteiger partial charge is 0.310 e. The van der Waals surface area contributed by atoms with Gasteiger partial charge in [0.05, 0.1) is 18.1 Å². The molecule has 0 aliphatic carbocycles. The minimum Gasteiger partial charge on any atom is -0.481 e. The van der Waals surface area contributed by atoms with Gasteiger partial charge in [-0.2, -0.15) is 0 Å². The molecule has 0 spiro atoms. The molecule has 26 heavy (non-hydrogen) atoms. The number of fused-ring (bicyclic) bond motifs is 2. The van der Waals surface area contributed by atoms with Gasteiger partial charge in [0, 0.05) is 17.1 Å². The van der Waals surface area contributed by atoms with Crippen LogP contribution < -0.4 is 10.6 Å². The van der Waals surface area contributed by atoms with Crippen LogP contribution in [0, 0.1) is 11.8 Å². The Morgan fingerprint density at radius 3 is 2.04 bits per heavy atom. The molecule has 1 saturated heterocycles. The largest absolute Gasteiger partial charge is 0.481 e. The molecule has 6 nitrogen and oxygen atoms in total. The maximum Gasteiger partial charge on any atom is 0.310 e. The van der Waals surface area contributed by atoms with Crippen molar-refractivity contribution in [1.29, 1.82) is 0 Å². The van der Waals surface area contributed by atoms with Gasteiger partial charge < -0.3 is 20.5 Å². The molecule has 2 aromatic rings. The maximum absolute atomic E-state index is 12.6. The first-order valence-corrected chi connectivity index (χ1v) is 8.41. The number of ether oxygens (including phenoxy) is 1. The standard InChI is InChI=1S/C20H18N2O4/c23-19(17-15-10-11-16(26-15)18(17)20(24)25)22-14-8-6-13(7-9-14)21-12-4-2-1-3-5-12/h1-11,15-18,21H,(H,22,23)(H,24,25). The molecule has 0 saturated carbocycles. The van der Waals surface area contributed by atoms with E-state index in [0.717, 1.165) is 11.4 Å². The van der Waals surface area contributed by atoms with Crippen LogP contribution >= 0.6 is 0 Å². The Hall–Kier alpha value is -3.12. The lowest BCUT2D eigenvalue weighted by molar-refractivity contribution is -0.145. The highest BCUT2D eigenvalue weighted by Gasteiger charge is 2.53. The van der Waals surface area contributed by atoms with Crippen molar-refractivity contribution < 1.29 is 19.4 Å². The summed E-state index contributed by atoms with van der Waals surface area (Å²) in [6, 6.07) is 17.0. The molecule has 1 fully saturated rings. The minimum absolute atomic E-state index is 0.335. The molecule has 132 valence electrons. The minimum atomic E-state index is -1.01. The fourth-order valence-electron chi connectivity index (χ4n) is 3.47. The number of carboxylic acids is 1. The zero-order valence-electron chi connectivity index (χ0n) is 13.8. The van der Waals surface area contributed by atoms with Gasteiger partial charge in [-0.05, 0) is 36.4 Å². The number of aliphatic carboxylic acids is 1. The second-order valence-corrected chi connectivity index (χ2v) is 6.40. The summed E-state index contributed by atoms with van der Waals surface area (Å²) < 4.78 is 5.54. The van der Waals surface area contributed by atoms with Crippen molar-refractivity contribution >= 4 is 28.9 Å². The summed E-state index contributed by atoms with van der Waals surface area (Å²) in [5.74, 6) is -2.91. The van der Waals surface area contributed by atoms with Crippen molar-refractivity contribution in [3.63, 3.8) is 0 Å².